The number of nitrogens with zero attached hydrogens (tertiary/aromatic N) is 4. The number of phosphoric acid groups is 3. The molecule has 2 aromatic rings. The van der Waals surface area contributed by atoms with Crippen molar-refractivity contribution < 1.29 is 85.6 Å². The van der Waals surface area contributed by atoms with Gasteiger partial charge in [-0.15, -0.1) is 0 Å². The highest BCUT2D eigenvalue weighted by molar-refractivity contribution is 8.13. The number of carbonyl (C=O) groups excluding carboxylic acids is 3. The summed E-state index contributed by atoms with van der Waals surface area (Å²) in [4.78, 5) is 95.3. The van der Waals surface area contributed by atoms with E-state index in [2.05, 4.69) is 43.5 Å². The van der Waals surface area contributed by atoms with Crippen molar-refractivity contribution in [3.63, 3.8) is 0 Å². The normalized spacial score (nSPS) is 22.6. The third-order valence-electron chi connectivity index (χ3n) is 7.38. The maximum atomic E-state index is 12.5. The summed E-state index contributed by atoms with van der Waals surface area (Å²) in [7, 11) is -17.6. The Morgan fingerprint density at radius 2 is 1.74 bits per heavy atom. The Morgan fingerprint density at radius 1 is 1.07 bits per heavy atom. The first-order valence-electron chi connectivity index (χ1n) is 15.6. The van der Waals surface area contributed by atoms with Gasteiger partial charge in [0.05, 0.1) is 27.4 Å². The Kier molecular flexibility index (Phi) is 16.2. The Balaban J connectivity index is 1.51. The molecule has 54 heavy (non-hydrogen) atoms. The highest BCUT2D eigenvalue weighted by atomic mass is 32.2. The molecule has 0 aliphatic carbocycles. The Labute approximate surface area is 310 Å². The molecule has 1 fully saturated rings. The minimum absolute atomic E-state index is 0.0264. The second kappa shape index (κ2) is 19.1. The number of anilines is 1. The van der Waals surface area contributed by atoms with E-state index in [-0.39, 0.29) is 48.7 Å². The largest absolute Gasteiger partial charge is 0.790 e. The molecule has 7 N–H and O–H groups in total. The van der Waals surface area contributed by atoms with Crippen LogP contribution in [0.2, 0.25) is 0 Å². The number of ether oxygens (including phenoxy) is 1. The molecule has 0 bridgehead atoms. The summed E-state index contributed by atoms with van der Waals surface area (Å²) in [5, 5.41) is 35.0. The van der Waals surface area contributed by atoms with Crippen LogP contribution in [0.3, 0.4) is 0 Å². The van der Waals surface area contributed by atoms with Crippen molar-refractivity contribution in [3.05, 3.63) is 12.7 Å². The van der Waals surface area contributed by atoms with Crippen LogP contribution >= 0.6 is 35.2 Å². The molecular weight excluding hydrogens is 811 g/mol. The summed E-state index contributed by atoms with van der Waals surface area (Å²) in [5.74, 6) is -1.43. The second-order valence-corrected chi connectivity index (χ2v) is 17.2. The lowest BCUT2D eigenvalue weighted by Crippen LogP contribution is -2.46. The number of amides is 2. The van der Waals surface area contributed by atoms with Crippen molar-refractivity contribution in [2.75, 3.05) is 37.8 Å². The summed E-state index contributed by atoms with van der Waals surface area (Å²) < 4.78 is 60.3. The zero-order valence-corrected chi connectivity index (χ0v) is 32.1. The van der Waals surface area contributed by atoms with Gasteiger partial charge in [-0.2, -0.15) is 0 Å². The van der Waals surface area contributed by atoms with Crippen LogP contribution in [0.4, 0.5) is 5.82 Å². The number of fused-ring (bicyclic) bond motifs is 1. The van der Waals surface area contributed by atoms with Crippen LogP contribution in [0.1, 0.15) is 39.8 Å². The number of phosphoric ester groups is 3. The number of carbonyl (C=O) groups is 3. The van der Waals surface area contributed by atoms with Crippen LogP contribution in [-0.2, 0) is 50.7 Å². The molecule has 1 aliphatic heterocycles. The molecule has 1 saturated heterocycles. The molecule has 3 rings (SSSR count). The minimum Gasteiger partial charge on any atom is -0.790 e. The molecule has 0 radical (unpaired) electrons. The summed E-state index contributed by atoms with van der Waals surface area (Å²) in [6.45, 7) is 1.55. The minimum atomic E-state index is -5.92. The lowest BCUT2D eigenvalue weighted by molar-refractivity contribution is -0.347. The zero-order chi connectivity index (χ0) is 40.6. The molecule has 0 aromatic carbocycles. The number of thioether (sulfide) groups is 1. The molecule has 2 aromatic heterocycles. The van der Waals surface area contributed by atoms with Crippen molar-refractivity contribution in [3.8, 4) is 0 Å². The number of nitrogens with one attached hydrogen (secondary N) is 2. The highest BCUT2D eigenvalue weighted by Gasteiger charge is 2.47. The van der Waals surface area contributed by atoms with E-state index in [0.717, 1.165) is 29.0 Å². The summed E-state index contributed by atoms with van der Waals surface area (Å²) in [6, 6.07) is 0. The van der Waals surface area contributed by atoms with Crippen LogP contribution in [0.25, 0.3) is 11.2 Å². The summed E-state index contributed by atoms with van der Waals surface area (Å²) in [5.41, 5.74) is 4.03. The van der Waals surface area contributed by atoms with Crippen LogP contribution in [-0.4, -0.2) is 114 Å². The predicted molar refractivity (Wildman–Crippen MR) is 175 cm³/mol. The van der Waals surface area contributed by atoms with E-state index < -0.39 is 95.8 Å². The topological polar surface area (TPSA) is 395 Å². The number of aliphatic hydroxyl groups is 3. The fourth-order valence-corrected chi connectivity index (χ4v) is 8.02. The van der Waals surface area contributed by atoms with Gasteiger partial charge >= 0.3 is 0 Å². The molecule has 1 aliphatic rings. The maximum Gasteiger partial charge on any atom is 0.274 e. The number of imidazole rings is 1. The molecular formula is C25H38N7O18P3S-4. The lowest BCUT2D eigenvalue weighted by Gasteiger charge is -2.36. The van der Waals surface area contributed by atoms with Gasteiger partial charge in [0.25, 0.3) is 15.6 Å². The van der Waals surface area contributed by atoms with Crippen LogP contribution in [0, 0.1) is 5.41 Å². The second-order valence-electron chi connectivity index (χ2n) is 12.1. The Bertz CT molecular complexity index is 1780. The van der Waals surface area contributed by atoms with Gasteiger partial charge in [0.15, 0.2) is 17.7 Å². The number of aromatic nitrogens is 4. The van der Waals surface area contributed by atoms with Gasteiger partial charge in [-0.1, -0.05) is 32.5 Å². The number of nitrogens with two attached hydrogens (primary N) is 1. The lowest BCUT2D eigenvalue weighted by atomic mass is 9.87. The predicted octanol–water partition coefficient (Wildman–Crippen LogP) is -4.09. The molecule has 25 nitrogen and oxygen atoms in total. The number of aliphatic hydroxyl groups excluding tert-OH is 3. The SMILES string of the molecule is CCC(O)C(=O)SCCNC(=O)CCNC(=O)[C@H](O)C(C)(C)COP(=O)([O-])OP(=O)([O-])OC[C@H]1O[C@@H](n2cnc3c(N)ncnc32)[C@H](O)[C@@H]1OP(=O)([O-])[O-]. The van der Waals surface area contributed by atoms with E-state index in [1.807, 2.05) is 0 Å². The van der Waals surface area contributed by atoms with Gasteiger partial charge in [-0.25, -0.2) is 19.3 Å². The summed E-state index contributed by atoms with van der Waals surface area (Å²) in [6.07, 6.45) is -8.53. The maximum absolute atomic E-state index is 12.5. The Morgan fingerprint density at radius 3 is 2.39 bits per heavy atom. The van der Waals surface area contributed by atoms with E-state index in [1.165, 1.54) is 13.8 Å². The molecule has 0 saturated carbocycles. The first kappa shape index (κ1) is 45.9. The van der Waals surface area contributed by atoms with Crippen molar-refractivity contribution >= 4 is 69.1 Å². The number of nitrogen functional groups attached to an aromatic ring is 1. The molecule has 3 unspecified atom stereocenters. The molecule has 3 heterocycles. The van der Waals surface area contributed by atoms with E-state index in [1.54, 1.807) is 6.92 Å². The number of rotatable bonds is 21. The molecule has 2 amide bonds. The van der Waals surface area contributed by atoms with E-state index in [4.69, 9.17) is 10.5 Å². The molecule has 29 heteroatoms. The van der Waals surface area contributed by atoms with Crippen LogP contribution < -0.4 is 35.9 Å². The summed E-state index contributed by atoms with van der Waals surface area (Å²) >= 11 is 0.841. The van der Waals surface area contributed by atoms with Gasteiger partial charge < -0.3 is 74.1 Å². The van der Waals surface area contributed by atoms with E-state index >= 15 is 0 Å². The van der Waals surface area contributed by atoms with Crippen LogP contribution in [0.5, 0.6) is 0 Å². The van der Waals surface area contributed by atoms with Gasteiger partial charge in [0, 0.05) is 30.7 Å². The first-order chi connectivity index (χ1) is 25.0. The Hall–Kier alpha value is -2.48. The molecule has 0 spiro atoms. The standard InChI is InChI=1S/C25H42N7O18P3S/c1-4-13(33)24(38)54-8-7-27-15(34)5-6-28-22(37)19(36)25(2,3)10-47-53(44,45)50-52(42,43)46-9-14-18(49-51(39,40)41)17(35)23(48-14)32-12-31-16-20(26)29-11-30-21(16)32/h11-14,17-19,23,33,35-36H,4-10H2,1-3H3,(H,27,34)(H,28,37)(H,42,43)(H,44,45)(H2,26,29,30)(H2,39,40,41)/p-4/t13?,14-,17-,18-,19+,23-/m1/s1. The van der Waals surface area contributed by atoms with Gasteiger partial charge in [-0.05, 0) is 6.42 Å². The number of hydrogen-bond donors (Lipinski definition) is 6. The van der Waals surface area contributed by atoms with Crippen molar-refractivity contribution in [1.82, 2.24) is 30.2 Å². The smallest absolute Gasteiger partial charge is 0.274 e. The monoisotopic (exact) mass is 849 g/mol. The number of hydrogen-bond acceptors (Lipinski definition) is 23. The average Bonchev–Trinajstić information content (AvgIpc) is 3.64. The van der Waals surface area contributed by atoms with E-state index in [9.17, 15) is 63.0 Å². The van der Waals surface area contributed by atoms with Crippen molar-refractivity contribution in [2.45, 2.75) is 70.4 Å². The average molecular weight is 850 g/mol. The van der Waals surface area contributed by atoms with Crippen molar-refractivity contribution in [1.29, 1.82) is 0 Å². The highest BCUT2D eigenvalue weighted by Crippen LogP contribution is 2.56. The first-order valence-corrected chi connectivity index (χ1v) is 21.0. The zero-order valence-electron chi connectivity index (χ0n) is 28.7. The molecule has 8 atom stereocenters. The fourth-order valence-electron chi connectivity index (χ4n) is 4.52. The third-order valence-corrected chi connectivity index (χ3v) is 11.4. The third kappa shape index (κ3) is 13.3. The van der Waals surface area contributed by atoms with Gasteiger partial charge in [0.2, 0.25) is 16.9 Å². The van der Waals surface area contributed by atoms with Gasteiger partial charge in [0.1, 0.15) is 42.4 Å². The van der Waals surface area contributed by atoms with E-state index in [0.29, 0.717) is 0 Å². The van der Waals surface area contributed by atoms with Crippen LogP contribution in [0.15, 0.2) is 12.7 Å². The quantitative estimate of drug-likeness (QED) is 0.0513. The van der Waals surface area contributed by atoms with Crippen molar-refractivity contribution in [2.24, 2.45) is 5.41 Å². The fraction of sp³-hybridized carbons (Fsp3) is 0.680. The molecule has 306 valence electrons. The van der Waals surface area contributed by atoms with Gasteiger partial charge in [-0.3, -0.25) is 28.1 Å².